The molecule has 1 saturated heterocycles. The maximum atomic E-state index is 11.8. The summed E-state index contributed by atoms with van der Waals surface area (Å²) in [4.78, 5) is 13.3. The maximum Gasteiger partial charge on any atom is 0.410 e. The zero-order valence-corrected chi connectivity index (χ0v) is 10.2. The summed E-state index contributed by atoms with van der Waals surface area (Å²) < 4.78 is 5.20. The number of hydrogen-bond acceptors (Lipinski definition) is 4. The van der Waals surface area contributed by atoms with Crippen LogP contribution in [-0.4, -0.2) is 41.3 Å². The molecule has 0 aromatic heterocycles. The first-order valence-electron chi connectivity index (χ1n) is 5.98. The van der Waals surface area contributed by atoms with Gasteiger partial charge in [-0.3, -0.25) is 0 Å². The SMILES string of the molecule is NC1(CO)CCN(C(=O)OCc2ccccc2)C1. The van der Waals surface area contributed by atoms with E-state index in [2.05, 4.69) is 0 Å². The van der Waals surface area contributed by atoms with Gasteiger partial charge in [0.25, 0.3) is 0 Å². The molecule has 2 rings (SSSR count). The van der Waals surface area contributed by atoms with Crippen molar-refractivity contribution in [3.8, 4) is 0 Å². The van der Waals surface area contributed by atoms with Crippen LogP contribution in [0.5, 0.6) is 0 Å². The van der Waals surface area contributed by atoms with Gasteiger partial charge >= 0.3 is 6.09 Å². The van der Waals surface area contributed by atoms with Gasteiger partial charge in [0.05, 0.1) is 12.1 Å². The lowest BCUT2D eigenvalue weighted by Gasteiger charge is -2.21. The lowest BCUT2D eigenvalue weighted by atomic mass is 10.0. The van der Waals surface area contributed by atoms with Gasteiger partial charge < -0.3 is 20.5 Å². The molecule has 3 N–H and O–H groups in total. The molecule has 5 nitrogen and oxygen atoms in total. The fourth-order valence-electron chi connectivity index (χ4n) is 1.99. The molecule has 0 saturated carbocycles. The fraction of sp³-hybridized carbons (Fsp3) is 0.462. The molecule has 18 heavy (non-hydrogen) atoms. The van der Waals surface area contributed by atoms with Gasteiger partial charge in [0.2, 0.25) is 0 Å². The molecular formula is C13H18N2O3. The maximum absolute atomic E-state index is 11.8. The Balaban J connectivity index is 1.83. The zero-order chi connectivity index (χ0) is 13.0. The van der Waals surface area contributed by atoms with Crippen molar-refractivity contribution in [2.75, 3.05) is 19.7 Å². The van der Waals surface area contributed by atoms with Crippen molar-refractivity contribution in [2.45, 2.75) is 18.6 Å². The van der Waals surface area contributed by atoms with Crippen molar-refractivity contribution in [1.29, 1.82) is 0 Å². The third-order valence-corrected chi connectivity index (χ3v) is 3.16. The third kappa shape index (κ3) is 3.00. The van der Waals surface area contributed by atoms with Crippen molar-refractivity contribution in [1.82, 2.24) is 4.90 Å². The Morgan fingerprint density at radius 1 is 1.44 bits per heavy atom. The number of carbonyl (C=O) groups excluding carboxylic acids is 1. The Morgan fingerprint density at radius 2 is 2.17 bits per heavy atom. The highest BCUT2D eigenvalue weighted by Crippen LogP contribution is 2.19. The Hall–Kier alpha value is -1.59. The highest BCUT2D eigenvalue weighted by molar-refractivity contribution is 5.68. The van der Waals surface area contributed by atoms with Crippen LogP contribution in [-0.2, 0) is 11.3 Å². The van der Waals surface area contributed by atoms with E-state index in [0.29, 0.717) is 19.5 Å². The van der Waals surface area contributed by atoms with Gasteiger partial charge in [-0.15, -0.1) is 0 Å². The number of hydrogen-bond donors (Lipinski definition) is 2. The lowest BCUT2D eigenvalue weighted by molar-refractivity contribution is 0.0998. The van der Waals surface area contributed by atoms with Crippen LogP contribution in [0.1, 0.15) is 12.0 Å². The fourth-order valence-corrected chi connectivity index (χ4v) is 1.99. The van der Waals surface area contributed by atoms with Crippen LogP contribution >= 0.6 is 0 Å². The van der Waals surface area contributed by atoms with Crippen LogP contribution < -0.4 is 5.73 Å². The molecule has 1 aromatic rings. The summed E-state index contributed by atoms with van der Waals surface area (Å²) in [6.45, 7) is 1.02. The second-order valence-electron chi connectivity index (χ2n) is 4.73. The molecule has 0 aliphatic carbocycles. The Labute approximate surface area is 106 Å². The molecule has 0 spiro atoms. The van der Waals surface area contributed by atoms with E-state index in [1.165, 1.54) is 0 Å². The van der Waals surface area contributed by atoms with E-state index in [9.17, 15) is 4.79 Å². The van der Waals surface area contributed by atoms with Crippen molar-refractivity contribution < 1.29 is 14.6 Å². The topological polar surface area (TPSA) is 75.8 Å². The monoisotopic (exact) mass is 250 g/mol. The summed E-state index contributed by atoms with van der Waals surface area (Å²) in [6, 6.07) is 9.51. The van der Waals surface area contributed by atoms with Crippen LogP contribution in [0.4, 0.5) is 4.79 Å². The number of amides is 1. The number of carbonyl (C=O) groups is 1. The molecule has 98 valence electrons. The number of nitrogens with two attached hydrogens (primary N) is 1. The van der Waals surface area contributed by atoms with Crippen molar-refractivity contribution in [2.24, 2.45) is 5.73 Å². The molecule has 1 aromatic carbocycles. The summed E-state index contributed by atoms with van der Waals surface area (Å²) in [6.07, 6.45) is 0.226. The van der Waals surface area contributed by atoms with Gasteiger partial charge in [0, 0.05) is 13.1 Å². The van der Waals surface area contributed by atoms with Crippen molar-refractivity contribution in [3.63, 3.8) is 0 Å². The second-order valence-corrected chi connectivity index (χ2v) is 4.73. The predicted molar refractivity (Wildman–Crippen MR) is 66.8 cm³/mol. The molecule has 1 unspecified atom stereocenters. The molecule has 1 amide bonds. The number of rotatable bonds is 3. The van der Waals surface area contributed by atoms with E-state index < -0.39 is 5.54 Å². The first-order valence-corrected chi connectivity index (χ1v) is 5.98. The average molecular weight is 250 g/mol. The quantitative estimate of drug-likeness (QED) is 0.828. The average Bonchev–Trinajstić information content (AvgIpc) is 2.81. The molecule has 5 heteroatoms. The largest absolute Gasteiger partial charge is 0.445 e. The van der Waals surface area contributed by atoms with E-state index in [4.69, 9.17) is 15.6 Å². The van der Waals surface area contributed by atoms with Crippen LogP contribution in [0.15, 0.2) is 30.3 Å². The highest BCUT2D eigenvalue weighted by Gasteiger charge is 2.36. The van der Waals surface area contributed by atoms with Crippen LogP contribution in [0.3, 0.4) is 0 Å². The van der Waals surface area contributed by atoms with Crippen LogP contribution in [0, 0.1) is 0 Å². The minimum Gasteiger partial charge on any atom is -0.445 e. The summed E-state index contributed by atoms with van der Waals surface area (Å²) in [5.74, 6) is 0. The van der Waals surface area contributed by atoms with Crippen LogP contribution in [0.25, 0.3) is 0 Å². The molecule has 1 aliphatic heterocycles. The van der Waals surface area contributed by atoms with Gasteiger partial charge in [0.15, 0.2) is 0 Å². The zero-order valence-electron chi connectivity index (χ0n) is 10.2. The summed E-state index contributed by atoms with van der Waals surface area (Å²) >= 11 is 0. The van der Waals surface area contributed by atoms with Crippen molar-refractivity contribution >= 4 is 6.09 Å². The van der Waals surface area contributed by atoms with Gasteiger partial charge in [-0.1, -0.05) is 30.3 Å². The summed E-state index contributed by atoms with van der Waals surface area (Å²) in [7, 11) is 0. The standard InChI is InChI=1S/C13H18N2O3/c14-13(10-16)6-7-15(9-13)12(17)18-8-11-4-2-1-3-5-11/h1-5,16H,6-10,14H2. The van der Waals surface area contributed by atoms with Gasteiger partial charge in [0.1, 0.15) is 6.61 Å². The van der Waals surface area contributed by atoms with Gasteiger partial charge in [-0.2, -0.15) is 0 Å². The minimum absolute atomic E-state index is 0.116. The van der Waals surface area contributed by atoms with E-state index in [1.807, 2.05) is 30.3 Å². The Kier molecular flexibility index (Phi) is 3.84. The normalized spacial score (nSPS) is 23.1. The Bertz CT molecular complexity index is 410. The van der Waals surface area contributed by atoms with E-state index >= 15 is 0 Å². The molecule has 1 atom stereocenters. The number of ether oxygens (including phenoxy) is 1. The molecule has 0 bridgehead atoms. The van der Waals surface area contributed by atoms with E-state index in [-0.39, 0.29) is 19.3 Å². The second kappa shape index (κ2) is 5.37. The lowest BCUT2D eigenvalue weighted by Crippen LogP contribution is -2.47. The predicted octanol–water partition coefficient (Wildman–Crippen LogP) is 0.719. The summed E-state index contributed by atoms with van der Waals surface area (Å²) in [5, 5.41) is 9.13. The number of likely N-dealkylation sites (tertiary alicyclic amines) is 1. The number of nitrogens with zero attached hydrogens (tertiary/aromatic N) is 1. The smallest absolute Gasteiger partial charge is 0.410 e. The van der Waals surface area contributed by atoms with E-state index in [0.717, 1.165) is 5.56 Å². The molecule has 1 fully saturated rings. The minimum atomic E-state index is -0.675. The number of benzene rings is 1. The van der Waals surface area contributed by atoms with Crippen LogP contribution in [0.2, 0.25) is 0 Å². The van der Waals surface area contributed by atoms with Gasteiger partial charge in [-0.25, -0.2) is 4.79 Å². The summed E-state index contributed by atoms with van der Waals surface area (Å²) in [5.41, 5.74) is 6.17. The number of aliphatic hydroxyl groups excluding tert-OH is 1. The Morgan fingerprint density at radius 3 is 2.78 bits per heavy atom. The third-order valence-electron chi connectivity index (χ3n) is 3.16. The van der Waals surface area contributed by atoms with Gasteiger partial charge in [-0.05, 0) is 12.0 Å². The number of aliphatic hydroxyl groups is 1. The molecule has 0 radical (unpaired) electrons. The molecule has 1 aliphatic rings. The first kappa shape index (κ1) is 12.9. The highest BCUT2D eigenvalue weighted by atomic mass is 16.6. The molecular weight excluding hydrogens is 232 g/mol. The van der Waals surface area contributed by atoms with E-state index in [1.54, 1.807) is 4.90 Å². The molecule has 1 heterocycles. The first-order chi connectivity index (χ1) is 8.63. The van der Waals surface area contributed by atoms with Crippen molar-refractivity contribution in [3.05, 3.63) is 35.9 Å².